The number of aromatic nitrogens is 2. The summed E-state index contributed by atoms with van der Waals surface area (Å²) in [6, 6.07) is 4.63. The molecule has 0 spiro atoms. The molecule has 0 atom stereocenters. The fourth-order valence-electron chi connectivity index (χ4n) is 2.31. The second-order valence-electron chi connectivity index (χ2n) is 5.46. The number of amides is 1. The normalized spacial score (nSPS) is 11.0. The lowest BCUT2D eigenvalue weighted by Gasteiger charge is -2.07. The summed E-state index contributed by atoms with van der Waals surface area (Å²) in [5, 5.41) is 4.39. The van der Waals surface area contributed by atoms with E-state index in [4.69, 9.17) is 0 Å². The summed E-state index contributed by atoms with van der Waals surface area (Å²) in [5.41, 5.74) is 2.24. The summed E-state index contributed by atoms with van der Waals surface area (Å²) in [7, 11) is 0. The Balaban J connectivity index is 1.74. The van der Waals surface area contributed by atoms with E-state index in [1.54, 1.807) is 23.5 Å². The second kappa shape index (κ2) is 6.86. The smallest absolute Gasteiger partial charge is 0.234 e. The maximum atomic E-state index is 13.7. The number of hydrogen-bond acceptors (Lipinski definition) is 5. The number of carbonyl (C=O) groups is 1. The molecular formula is C17H16FN3OS2. The molecule has 0 aliphatic heterocycles. The SMILES string of the molecule is Cc1ccc(F)c(NC(=O)CSc2ncnc3sc(C)c(C)c23)c1. The minimum Gasteiger partial charge on any atom is -0.323 e. The molecule has 2 aromatic heterocycles. The molecule has 1 N–H and O–H groups in total. The van der Waals surface area contributed by atoms with Crippen molar-refractivity contribution in [3.8, 4) is 0 Å². The molecule has 0 aliphatic rings. The Morgan fingerprint density at radius 1 is 1.29 bits per heavy atom. The molecule has 2 heterocycles. The van der Waals surface area contributed by atoms with E-state index in [0.29, 0.717) is 0 Å². The molecule has 3 aromatic rings. The van der Waals surface area contributed by atoms with Gasteiger partial charge in [0.25, 0.3) is 0 Å². The topological polar surface area (TPSA) is 54.9 Å². The van der Waals surface area contributed by atoms with Crippen molar-refractivity contribution in [3.05, 3.63) is 46.3 Å². The second-order valence-corrected chi connectivity index (χ2v) is 7.63. The van der Waals surface area contributed by atoms with Crippen LogP contribution in [0.3, 0.4) is 0 Å². The summed E-state index contributed by atoms with van der Waals surface area (Å²) in [6.07, 6.45) is 1.51. The van der Waals surface area contributed by atoms with Crippen LogP contribution in [0.2, 0.25) is 0 Å². The Hall–Kier alpha value is -1.99. The highest BCUT2D eigenvalue weighted by molar-refractivity contribution is 8.00. The molecule has 0 saturated heterocycles. The van der Waals surface area contributed by atoms with Crippen LogP contribution < -0.4 is 5.32 Å². The van der Waals surface area contributed by atoms with Crippen LogP contribution in [0.4, 0.5) is 10.1 Å². The number of anilines is 1. The van der Waals surface area contributed by atoms with Crippen molar-refractivity contribution in [2.75, 3.05) is 11.1 Å². The lowest BCUT2D eigenvalue weighted by molar-refractivity contribution is -0.113. The molecule has 1 amide bonds. The van der Waals surface area contributed by atoms with Gasteiger partial charge in [-0.3, -0.25) is 4.79 Å². The lowest BCUT2D eigenvalue weighted by atomic mass is 10.2. The van der Waals surface area contributed by atoms with E-state index in [0.717, 1.165) is 26.4 Å². The van der Waals surface area contributed by atoms with Gasteiger partial charge in [-0.1, -0.05) is 17.8 Å². The number of rotatable bonds is 4. The number of carbonyl (C=O) groups excluding carboxylic acids is 1. The van der Waals surface area contributed by atoms with Crippen LogP contribution in [-0.4, -0.2) is 21.6 Å². The monoisotopic (exact) mass is 361 g/mol. The van der Waals surface area contributed by atoms with Crippen molar-refractivity contribution < 1.29 is 9.18 Å². The van der Waals surface area contributed by atoms with Crippen molar-refractivity contribution in [1.29, 1.82) is 0 Å². The number of halogens is 1. The quantitative estimate of drug-likeness (QED) is 0.550. The predicted molar refractivity (Wildman–Crippen MR) is 97.4 cm³/mol. The van der Waals surface area contributed by atoms with Gasteiger partial charge in [-0.15, -0.1) is 11.3 Å². The van der Waals surface area contributed by atoms with Gasteiger partial charge in [0.1, 0.15) is 22.0 Å². The molecule has 7 heteroatoms. The van der Waals surface area contributed by atoms with E-state index in [9.17, 15) is 9.18 Å². The zero-order chi connectivity index (χ0) is 17.3. The maximum absolute atomic E-state index is 13.7. The fraction of sp³-hybridized carbons (Fsp3) is 0.235. The predicted octanol–water partition coefficient (Wildman–Crippen LogP) is 4.49. The Morgan fingerprint density at radius 2 is 2.08 bits per heavy atom. The van der Waals surface area contributed by atoms with E-state index >= 15 is 0 Å². The van der Waals surface area contributed by atoms with Gasteiger partial charge in [-0.05, 0) is 44.0 Å². The highest BCUT2D eigenvalue weighted by atomic mass is 32.2. The molecule has 4 nitrogen and oxygen atoms in total. The number of nitrogens with one attached hydrogen (secondary N) is 1. The molecular weight excluding hydrogens is 345 g/mol. The van der Waals surface area contributed by atoms with Gasteiger partial charge in [0.2, 0.25) is 5.91 Å². The van der Waals surface area contributed by atoms with Crippen molar-refractivity contribution in [3.63, 3.8) is 0 Å². The third kappa shape index (κ3) is 3.42. The highest BCUT2D eigenvalue weighted by Crippen LogP contribution is 2.34. The largest absolute Gasteiger partial charge is 0.323 e. The van der Waals surface area contributed by atoms with E-state index in [-0.39, 0.29) is 17.3 Å². The highest BCUT2D eigenvalue weighted by Gasteiger charge is 2.14. The number of benzene rings is 1. The molecule has 124 valence electrons. The van der Waals surface area contributed by atoms with Crippen molar-refractivity contribution in [2.45, 2.75) is 25.8 Å². The Bertz CT molecular complexity index is 924. The Labute approximate surface area is 147 Å². The van der Waals surface area contributed by atoms with Gasteiger partial charge in [-0.2, -0.15) is 0 Å². The van der Waals surface area contributed by atoms with Crippen molar-refractivity contribution >= 4 is 44.9 Å². The van der Waals surface area contributed by atoms with E-state index in [1.807, 2.05) is 20.8 Å². The van der Waals surface area contributed by atoms with Gasteiger partial charge < -0.3 is 5.32 Å². The molecule has 3 rings (SSSR count). The summed E-state index contributed by atoms with van der Waals surface area (Å²) < 4.78 is 13.7. The number of hydrogen-bond donors (Lipinski definition) is 1. The molecule has 0 radical (unpaired) electrons. The average Bonchev–Trinajstić information content (AvgIpc) is 2.84. The van der Waals surface area contributed by atoms with Crippen LogP contribution in [0.25, 0.3) is 10.2 Å². The number of thioether (sulfide) groups is 1. The third-order valence-electron chi connectivity index (χ3n) is 3.67. The van der Waals surface area contributed by atoms with Gasteiger partial charge in [0.05, 0.1) is 11.4 Å². The molecule has 0 fully saturated rings. The first kappa shape index (κ1) is 16.9. The maximum Gasteiger partial charge on any atom is 0.234 e. The minimum absolute atomic E-state index is 0.161. The van der Waals surface area contributed by atoms with Crippen LogP contribution in [-0.2, 0) is 4.79 Å². The number of nitrogens with zero attached hydrogens (tertiary/aromatic N) is 2. The molecule has 0 unspecified atom stereocenters. The summed E-state index contributed by atoms with van der Waals surface area (Å²) >= 11 is 2.95. The number of fused-ring (bicyclic) bond motifs is 1. The van der Waals surface area contributed by atoms with Crippen LogP contribution in [0.15, 0.2) is 29.6 Å². The first-order valence-electron chi connectivity index (χ1n) is 7.35. The Morgan fingerprint density at radius 3 is 2.88 bits per heavy atom. The number of aryl methyl sites for hydroxylation is 3. The van der Waals surface area contributed by atoms with Crippen LogP contribution >= 0.6 is 23.1 Å². The zero-order valence-electron chi connectivity index (χ0n) is 13.5. The van der Waals surface area contributed by atoms with E-state index in [2.05, 4.69) is 15.3 Å². The molecule has 0 aliphatic carbocycles. The summed E-state index contributed by atoms with van der Waals surface area (Å²) in [5.74, 6) is -0.540. The third-order valence-corrected chi connectivity index (χ3v) is 5.77. The lowest BCUT2D eigenvalue weighted by Crippen LogP contribution is -2.15. The summed E-state index contributed by atoms with van der Waals surface area (Å²) in [6.45, 7) is 5.93. The fourth-order valence-corrected chi connectivity index (χ4v) is 4.23. The molecule has 1 aromatic carbocycles. The van der Waals surface area contributed by atoms with Gasteiger partial charge in [0.15, 0.2) is 0 Å². The molecule has 0 saturated carbocycles. The molecule has 0 bridgehead atoms. The standard InChI is InChI=1S/C17H16FN3OS2/c1-9-4-5-12(18)13(6-9)21-14(22)7-23-16-15-10(2)11(3)24-17(15)20-8-19-16/h4-6,8H,7H2,1-3H3,(H,21,22). The van der Waals surface area contributed by atoms with Gasteiger partial charge in [-0.25, -0.2) is 14.4 Å². The van der Waals surface area contributed by atoms with Crippen molar-refractivity contribution in [1.82, 2.24) is 9.97 Å². The van der Waals surface area contributed by atoms with Crippen molar-refractivity contribution in [2.24, 2.45) is 0 Å². The minimum atomic E-state index is -0.437. The zero-order valence-corrected chi connectivity index (χ0v) is 15.1. The van der Waals surface area contributed by atoms with Gasteiger partial charge in [0, 0.05) is 10.3 Å². The number of thiophene rings is 1. The first-order chi connectivity index (χ1) is 11.5. The van der Waals surface area contributed by atoms with Gasteiger partial charge >= 0.3 is 0 Å². The van der Waals surface area contributed by atoms with Crippen LogP contribution in [0.1, 0.15) is 16.0 Å². The van der Waals surface area contributed by atoms with Crippen LogP contribution in [0, 0.1) is 26.6 Å². The summed E-state index contributed by atoms with van der Waals surface area (Å²) in [4.78, 5) is 22.8. The van der Waals surface area contributed by atoms with Crippen LogP contribution in [0.5, 0.6) is 0 Å². The molecule has 24 heavy (non-hydrogen) atoms. The van der Waals surface area contributed by atoms with E-state index < -0.39 is 5.82 Å². The van der Waals surface area contributed by atoms with E-state index in [1.165, 1.54) is 29.0 Å². The average molecular weight is 361 g/mol. The first-order valence-corrected chi connectivity index (χ1v) is 9.15. The Kier molecular flexibility index (Phi) is 4.82.